The van der Waals surface area contributed by atoms with Gasteiger partial charge in [-0.15, -0.1) is 11.3 Å². The van der Waals surface area contributed by atoms with Crippen LogP contribution in [0.3, 0.4) is 0 Å². The summed E-state index contributed by atoms with van der Waals surface area (Å²) in [7, 11) is 0. The molecule has 1 saturated heterocycles. The van der Waals surface area contributed by atoms with E-state index in [1.807, 2.05) is 11.3 Å². The quantitative estimate of drug-likeness (QED) is 0.585. The van der Waals surface area contributed by atoms with Crippen LogP contribution in [0.25, 0.3) is 0 Å². The van der Waals surface area contributed by atoms with Crippen LogP contribution in [0.15, 0.2) is 17.1 Å². The maximum Gasteiger partial charge on any atom is 0.191 e. The number of hydrogen-bond donors (Lipinski definition) is 2. The van der Waals surface area contributed by atoms with Gasteiger partial charge in [-0.3, -0.25) is 4.90 Å². The Bertz CT molecular complexity index is 517. The summed E-state index contributed by atoms with van der Waals surface area (Å²) in [5.74, 6) is 0.900. The topological polar surface area (TPSA) is 48.9 Å². The van der Waals surface area contributed by atoms with Gasteiger partial charge in [-0.2, -0.15) is 0 Å². The molecule has 0 aromatic carbocycles. The zero-order chi connectivity index (χ0) is 17.4. The molecular formula is C18H32N4OS. The van der Waals surface area contributed by atoms with Crippen molar-refractivity contribution in [2.24, 2.45) is 4.99 Å². The molecule has 1 aliphatic rings. The summed E-state index contributed by atoms with van der Waals surface area (Å²) in [5.41, 5.74) is 0. The van der Waals surface area contributed by atoms with Crippen LogP contribution in [0.5, 0.6) is 0 Å². The number of aliphatic imine (C=N–C) groups is 1. The average Bonchev–Trinajstić information content (AvgIpc) is 3.05. The summed E-state index contributed by atoms with van der Waals surface area (Å²) in [6.45, 7) is 14.0. The number of morpholine rings is 1. The first kappa shape index (κ1) is 19.2. The Morgan fingerprint density at radius 3 is 2.83 bits per heavy atom. The molecule has 1 aromatic rings. The Hall–Kier alpha value is -1.11. The summed E-state index contributed by atoms with van der Waals surface area (Å²) < 4.78 is 5.53. The standard InChI is InChI=1S/C18H32N4OS/c1-5-16-7-8-17(24-16)12-21-18(19-6-2)20-11-14(3)22-9-10-23-13-15(22)4/h7-8,14-15H,5-6,9-13H2,1-4H3,(H2,19,20,21). The third kappa shape index (κ3) is 5.76. The second kappa shape index (κ2) is 10.0. The molecule has 136 valence electrons. The van der Waals surface area contributed by atoms with E-state index >= 15 is 0 Å². The molecule has 2 atom stereocenters. The molecule has 2 unspecified atom stereocenters. The Kier molecular flexibility index (Phi) is 8.02. The molecule has 0 radical (unpaired) electrons. The van der Waals surface area contributed by atoms with Crippen LogP contribution in [0.1, 0.15) is 37.4 Å². The fourth-order valence-electron chi connectivity index (χ4n) is 2.95. The second-order valence-electron chi connectivity index (χ2n) is 6.31. The highest BCUT2D eigenvalue weighted by atomic mass is 32.1. The first-order valence-electron chi connectivity index (χ1n) is 9.07. The van der Waals surface area contributed by atoms with E-state index in [9.17, 15) is 0 Å². The van der Waals surface area contributed by atoms with Crippen LogP contribution >= 0.6 is 11.3 Å². The van der Waals surface area contributed by atoms with E-state index in [0.29, 0.717) is 12.1 Å². The van der Waals surface area contributed by atoms with Crippen molar-refractivity contribution in [3.63, 3.8) is 0 Å². The van der Waals surface area contributed by atoms with Gasteiger partial charge in [0.15, 0.2) is 5.96 Å². The van der Waals surface area contributed by atoms with Gasteiger partial charge in [0.2, 0.25) is 0 Å². The lowest BCUT2D eigenvalue weighted by Crippen LogP contribution is -2.53. The lowest BCUT2D eigenvalue weighted by Gasteiger charge is -2.38. The lowest BCUT2D eigenvalue weighted by atomic mass is 10.2. The van der Waals surface area contributed by atoms with Gasteiger partial charge in [0.1, 0.15) is 0 Å². The molecule has 1 aromatic heterocycles. The van der Waals surface area contributed by atoms with Crippen LogP contribution < -0.4 is 10.6 Å². The maximum atomic E-state index is 5.53. The van der Waals surface area contributed by atoms with Crippen molar-refractivity contribution < 1.29 is 4.74 Å². The molecule has 24 heavy (non-hydrogen) atoms. The number of thiophene rings is 1. The highest BCUT2D eigenvalue weighted by Crippen LogP contribution is 2.17. The first-order chi connectivity index (χ1) is 11.6. The van der Waals surface area contributed by atoms with Gasteiger partial charge in [-0.05, 0) is 39.3 Å². The first-order valence-corrected chi connectivity index (χ1v) is 9.88. The minimum absolute atomic E-state index is 0.459. The lowest BCUT2D eigenvalue weighted by molar-refractivity contribution is -0.0174. The van der Waals surface area contributed by atoms with Gasteiger partial charge >= 0.3 is 0 Å². The van der Waals surface area contributed by atoms with Crippen molar-refractivity contribution >= 4 is 17.3 Å². The summed E-state index contributed by atoms with van der Waals surface area (Å²) in [6, 6.07) is 5.33. The maximum absolute atomic E-state index is 5.53. The molecule has 0 amide bonds. The zero-order valence-electron chi connectivity index (χ0n) is 15.5. The highest BCUT2D eigenvalue weighted by Gasteiger charge is 2.23. The van der Waals surface area contributed by atoms with Crippen molar-refractivity contribution in [3.05, 3.63) is 21.9 Å². The Balaban J connectivity index is 1.86. The van der Waals surface area contributed by atoms with Crippen molar-refractivity contribution in [1.82, 2.24) is 15.5 Å². The summed E-state index contributed by atoms with van der Waals surface area (Å²) in [4.78, 5) is 9.98. The van der Waals surface area contributed by atoms with Crippen LogP contribution in [0.2, 0.25) is 0 Å². The van der Waals surface area contributed by atoms with Gasteiger partial charge in [-0.1, -0.05) is 6.92 Å². The van der Waals surface area contributed by atoms with E-state index in [2.05, 4.69) is 55.4 Å². The van der Waals surface area contributed by atoms with Crippen molar-refractivity contribution in [2.45, 2.75) is 52.7 Å². The molecule has 0 aliphatic carbocycles. The van der Waals surface area contributed by atoms with Crippen LogP contribution in [-0.4, -0.2) is 55.8 Å². The minimum atomic E-state index is 0.459. The van der Waals surface area contributed by atoms with E-state index in [0.717, 1.165) is 51.8 Å². The smallest absolute Gasteiger partial charge is 0.191 e. The van der Waals surface area contributed by atoms with Crippen molar-refractivity contribution in [2.75, 3.05) is 32.8 Å². The molecule has 6 heteroatoms. The van der Waals surface area contributed by atoms with Gasteiger partial charge in [0.25, 0.3) is 0 Å². The van der Waals surface area contributed by atoms with E-state index in [1.54, 1.807) is 0 Å². The van der Waals surface area contributed by atoms with E-state index in [-0.39, 0.29) is 0 Å². The third-order valence-corrected chi connectivity index (χ3v) is 5.57. The van der Waals surface area contributed by atoms with E-state index in [1.165, 1.54) is 9.75 Å². The van der Waals surface area contributed by atoms with Crippen LogP contribution in [-0.2, 0) is 17.7 Å². The van der Waals surface area contributed by atoms with Gasteiger partial charge < -0.3 is 15.4 Å². The number of aryl methyl sites for hydroxylation is 1. The highest BCUT2D eigenvalue weighted by molar-refractivity contribution is 7.11. The molecule has 0 spiro atoms. The monoisotopic (exact) mass is 352 g/mol. The summed E-state index contributed by atoms with van der Waals surface area (Å²) >= 11 is 1.86. The van der Waals surface area contributed by atoms with Gasteiger partial charge in [0, 0.05) is 41.5 Å². The van der Waals surface area contributed by atoms with Crippen LogP contribution in [0, 0.1) is 0 Å². The molecule has 1 aliphatic heterocycles. The Morgan fingerprint density at radius 2 is 2.17 bits per heavy atom. The SMILES string of the molecule is CCNC(=NCc1ccc(CC)s1)NCC(C)N1CCOCC1C. The average molecular weight is 353 g/mol. The van der Waals surface area contributed by atoms with Crippen molar-refractivity contribution in [3.8, 4) is 0 Å². The molecule has 0 saturated carbocycles. The van der Waals surface area contributed by atoms with Crippen LogP contribution in [0.4, 0.5) is 0 Å². The molecule has 2 rings (SSSR count). The molecule has 2 N–H and O–H groups in total. The summed E-state index contributed by atoms with van der Waals surface area (Å²) in [5, 5.41) is 6.83. The largest absolute Gasteiger partial charge is 0.379 e. The molecule has 2 heterocycles. The van der Waals surface area contributed by atoms with Crippen molar-refractivity contribution in [1.29, 1.82) is 0 Å². The fraction of sp³-hybridized carbons (Fsp3) is 0.722. The second-order valence-corrected chi connectivity index (χ2v) is 7.56. The summed E-state index contributed by atoms with van der Waals surface area (Å²) in [6.07, 6.45) is 1.10. The number of nitrogens with zero attached hydrogens (tertiary/aromatic N) is 2. The third-order valence-electron chi connectivity index (χ3n) is 4.35. The molecule has 5 nitrogen and oxygen atoms in total. The van der Waals surface area contributed by atoms with Gasteiger partial charge in [-0.25, -0.2) is 4.99 Å². The number of guanidine groups is 1. The predicted molar refractivity (Wildman–Crippen MR) is 103 cm³/mol. The van der Waals surface area contributed by atoms with E-state index < -0.39 is 0 Å². The Labute approximate surface area is 150 Å². The fourth-order valence-corrected chi connectivity index (χ4v) is 3.83. The number of ether oxygens (including phenoxy) is 1. The zero-order valence-corrected chi connectivity index (χ0v) is 16.3. The molecule has 1 fully saturated rings. The number of hydrogen-bond acceptors (Lipinski definition) is 4. The predicted octanol–water partition coefficient (Wildman–Crippen LogP) is 2.47. The normalized spacial score (nSPS) is 20.8. The Morgan fingerprint density at radius 1 is 1.38 bits per heavy atom. The number of rotatable bonds is 7. The minimum Gasteiger partial charge on any atom is -0.379 e. The molecule has 0 bridgehead atoms. The van der Waals surface area contributed by atoms with E-state index in [4.69, 9.17) is 9.73 Å². The molecular weight excluding hydrogens is 320 g/mol. The van der Waals surface area contributed by atoms with Gasteiger partial charge in [0.05, 0.1) is 19.8 Å². The number of nitrogens with one attached hydrogen (secondary N) is 2.